The molecule has 7 nitrogen and oxygen atoms in total. The van der Waals surface area contributed by atoms with Gasteiger partial charge in [0.2, 0.25) is 5.91 Å². The number of piperidine rings is 1. The fourth-order valence-electron chi connectivity index (χ4n) is 3.16. The summed E-state index contributed by atoms with van der Waals surface area (Å²) in [6, 6.07) is 8.28. The van der Waals surface area contributed by atoms with Crippen LogP contribution in [0, 0.1) is 23.2 Å². The Balaban J connectivity index is 1.88. The molecule has 0 aromatic heterocycles. The number of nitrogens with zero attached hydrogens (tertiary/aromatic N) is 2. The number of carboxylic acids is 1. The lowest BCUT2D eigenvalue weighted by Crippen LogP contribution is -2.45. The number of carbonyl (C=O) groups is 3. The van der Waals surface area contributed by atoms with Crippen molar-refractivity contribution in [3.8, 4) is 6.07 Å². The number of ketones is 1. The number of carboxylic acid groups (broad SMARTS) is 1. The zero-order valence-corrected chi connectivity index (χ0v) is 14.6. The van der Waals surface area contributed by atoms with Crippen molar-refractivity contribution in [3.63, 3.8) is 0 Å². The van der Waals surface area contributed by atoms with Gasteiger partial charge in [-0.05, 0) is 30.9 Å². The number of nitriles is 1. The minimum atomic E-state index is -1.40. The molecule has 26 heavy (non-hydrogen) atoms. The van der Waals surface area contributed by atoms with E-state index in [-0.39, 0.29) is 24.0 Å². The quantitative estimate of drug-likeness (QED) is 0.743. The standard InChI is InChI=1S/C19H22N2O5/c1-12(10-16(22)14-4-2-13(11-20)3-5-14)18(24)21-8-6-15(7-9-21)17(23)19(25)26/h2-5,12,15,17,23H,6-10H2,1H3,(H,25,26). The molecular formula is C19H22N2O5. The van der Waals surface area contributed by atoms with E-state index in [4.69, 9.17) is 10.4 Å². The molecule has 0 spiro atoms. The van der Waals surface area contributed by atoms with Crippen molar-refractivity contribution in [2.75, 3.05) is 13.1 Å². The number of hydrogen-bond acceptors (Lipinski definition) is 5. The van der Waals surface area contributed by atoms with Crippen molar-refractivity contribution < 1.29 is 24.6 Å². The number of hydrogen-bond donors (Lipinski definition) is 2. The van der Waals surface area contributed by atoms with Gasteiger partial charge in [-0.15, -0.1) is 0 Å². The average molecular weight is 358 g/mol. The lowest BCUT2D eigenvalue weighted by Gasteiger charge is -2.34. The Morgan fingerprint density at radius 1 is 1.23 bits per heavy atom. The second-order valence-electron chi connectivity index (χ2n) is 6.66. The summed E-state index contributed by atoms with van der Waals surface area (Å²) in [7, 11) is 0. The lowest BCUT2D eigenvalue weighted by atomic mass is 9.90. The molecule has 138 valence electrons. The number of aliphatic hydroxyl groups excluding tert-OH is 1. The number of aliphatic carboxylic acids is 1. The van der Waals surface area contributed by atoms with Gasteiger partial charge in [-0.1, -0.05) is 19.1 Å². The minimum absolute atomic E-state index is 0.0718. The van der Waals surface area contributed by atoms with Gasteiger partial charge in [0.25, 0.3) is 0 Å². The number of Topliss-reactive ketones (excluding diaryl/α,β-unsaturated/α-hetero) is 1. The first-order valence-electron chi connectivity index (χ1n) is 8.56. The van der Waals surface area contributed by atoms with Gasteiger partial charge in [0, 0.05) is 31.0 Å². The van der Waals surface area contributed by atoms with Crippen LogP contribution in [0.3, 0.4) is 0 Å². The molecule has 0 radical (unpaired) electrons. The Labute approximate surface area is 151 Å². The summed E-state index contributed by atoms with van der Waals surface area (Å²) in [4.78, 5) is 37.3. The summed E-state index contributed by atoms with van der Waals surface area (Å²) >= 11 is 0. The highest BCUT2D eigenvalue weighted by atomic mass is 16.4. The van der Waals surface area contributed by atoms with E-state index < -0.39 is 18.0 Å². The third-order valence-corrected chi connectivity index (χ3v) is 4.80. The Morgan fingerprint density at radius 2 is 1.81 bits per heavy atom. The molecule has 7 heteroatoms. The molecule has 1 saturated heterocycles. The predicted octanol–water partition coefficient (Wildman–Crippen LogP) is 1.45. The zero-order valence-electron chi connectivity index (χ0n) is 14.6. The highest BCUT2D eigenvalue weighted by Gasteiger charge is 2.32. The van der Waals surface area contributed by atoms with Crippen LogP contribution >= 0.6 is 0 Å². The summed E-state index contributed by atoms with van der Waals surface area (Å²) in [6.45, 7) is 2.45. The molecule has 1 aliphatic rings. The maximum atomic E-state index is 12.5. The van der Waals surface area contributed by atoms with Crippen molar-refractivity contribution in [2.24, 2.45) is 11.8 Å². The van der Waals surface area contributed by atoms with Crippen LogP contribution < -0.4 is 0 Å². The van der Waals surface area contributed by atoms with Crippen molar-refractivity contribution in [1.82, 2.24) is 4.90 Å². The molecule has 0 saturated carbocycles. The van der Waals surface area contributed by atoms with Gasteiger partial charge < -0.3 is 15.1 Å². The Kier molecular flexibility index (Phi) is 6.47. The second-order valence-corrected chi connectivity index (χ2v) is 6.66. The molecule has 1 aliphatic heterocycles. The number of aliphatic hydroxyl groups is 1. The first-order valence-corrected chi connectivity index (χ1v) is 8.56. The molecule has 1 aromatic rings. The molecule has 1 heterocycles. The van der Waals surface area contributed by atoms with E-state index in [1.54, 1.807) is 36.1 Å². The number of likely N-dealkylation sites (tertiary alicyclic amines) is 1. The van der Waals surface area contributed by atoms with Gasteiger partial charge in [0.1, 0.15) is 0 Å². The van der Waals surface area contributed by atoms with Crippen LogP contribution in [0.1, 0.15) is 42.1 Å². The van der Waals surface area contributed by atoms with Gasteiger partial charge in [0.05, 0.1) is 11.6 Å². The molecule has 1 fully saturated rings. The Hall–Kier alpha value is -2.72. The van der Waals surface area contributed by atoms with Gasteiger partial charge in [-0.3, -0.25) is 9.59 Å². The fourth-order valence-corrected chi connectivity index (χ4v) is 3.16. The number of benzene rings is 1. The Morgan fingerprint density at radius 3 is 2.31 bits per heavy atom. The molecule has 2 unspecified atom stereocenters. The summed E-state index contributed by atoms with van der Waals surface area (Å²) in [5.41, 5.74) is 0.934. The van der Waals surface area contributed by atoms with Crippen molar-refractivity contribution in [3.05, 3.63) is 35.4 Å². The molecule has 2 N–H and O–H groups in total. The van der Waals surface area contributed by atoms with E-state index in [0.29, 0.717) is 37.1 Å². The zero-order chi connectivity index (χ0) is 19.3. The molecule has 1 amide bonds. The lowest BCUT2D eigenvalue weighted by molar-refractivity contribution is -0.151. The van der Waals surface area contributed by atoms with Gasteiger partial charge in [-0.25, -0.2) is 4.79 Å². The van der Waals surface area contributed by atoms with E-state index in [1.807, 2.05) is 6.07 Å². The molecule has 2 atom stereocenters. The van der Waals surface area contributed by atoms with E-state index in [2.05, 4.69) is 0 Å². The van der Waals surface area contributed by atoms with Crippen LogP contribution in [-0.4, -0.2) is 52.0 Å². The topological polar surface area (TPSA) is 119 Å². The first kappa shape index (κ1) is 19.6. The number of amides is 1. The average Bonchev–Trinajstić information content (AvgIpc) is 2.66. The number of rotatable bonds is 6. The van der Waals surface area contributed by atoms with Gasteiger partial charge in [0.15, 0.2) is 11.9 Å². The molecule has 0 bridgehead atoms. The van der Waals surface area contributed by atoms with E-state index >= 15 is 0 Å². The van der Waals surface area contributed by atoms with Crippen LogP contribution in [0.2, 0.25) is 0 Å². The maximum absolute atomic E-state index is 12.5. The normalized spacial score (nSPS) is 17.2. The van der Waals surface area contributed by atoms with E-state index in [9.17, 15) is 19.5 Å². The molecule has 0 aliphatic carbocycles. The monoisotopic (exact) mass is 358 g/mol. The van der Waals surface area contributed by atoms with Crippen molar-refractivity contribution in [1.29, 1.82) is 5.26 Å². The highest BCUT2D eigenvalue weighted by Crippen LogP contribution is 2.23. The molecule has 2 rings (SSSR count). The van der Waals surface area contributed by atoms with Gasteiger partial charge in [-0.2, -0.15) is 5.26 Å². The van der Waals surface area contributed by atoms with Crippen LogP contribution in [0.25, 0.3) is 0 Å². The van der Waals surface area contributed by atoms with Gasteiger partial charge >= 0.3 is 5.97 Å². The van der Waals surface area contributed by atoms with Crippen LogP contribution in [-0.2, 0) is 9.59 Å². The van der Waals surface area contributed by atoms with Crippen molar-refractivity contribution >= 4 is 17.7 Å². The third-order valence-electron chi connectivity index (χ3n) is 4.80. The fraction of sp³-hybridized carbons (Fsp3) is 0.474. The minimum Gasteiger partial charge on any atom is -0.479 e. The SMILES string of the molecule is CC(CC(=O)c1ccc(C#N)cc1)C(=O)N1CCC(C(O)C(=O)O)CC1. The second kappa shape index (κ2) is 8.59. The summed E-state index contributed by atoms with van der Waals surface area (Å²) in [6.07, 6.45) is -0.476. The maximum Gasteiger partial charge on any atom is 0.332 e. The van der Waals surface area contributed by atoms with Crippen LogP contribution in [0.5, 0.6) is 0 Å². The van der Waals surface area contributed by atoms with Crippen LogP contribution in [0.4, 0.5) is 0 Å². The molecular weight excluding hydrogens is 336 g/mol. The first-order chi connectivity index (χ1) is 12.3. The Bertz CT molecular complexity index is 714. The predicted molar refractivity (Wildman–Crippen MR) is 92.2 cm³/mol. The summed E-state index contributed by atoms with van der Waals surface area (Å²) in [5.74, 6) is -2.39. The number of carbonyl (C=O) groups excluding carboxylic acids is 2. The van der Waals surface area contributed by atoms with E-state index in [0.717, 1.165) is 0 Å². The van der Waals surface area contributed by atoms with E-state index in [1.165, 1.54) is 0 Å². The van der Waals surface area contributed by atoms with Crippen LogP contribution in [0.15, 0.2) is 24.3 Å². The summed E-state index contributed by atoms with van der Waals surface area (Å²) in [5, 5.41) is 27.2. The third kappa shape index (κ3) is 4.67. The smallest absolute Gasteiger partial charge is 0.332 e. The largest absolute Gasteiger partial charge is 0.479 e. The van der Waals surface area contributed by atoms with Crippen molar-refractivity contribution in [2.45, 2.75) is 32.3 Å². The summed E-state index contributed by atoms with van der Waals surface area (Å²) < 4.78 is 0. The molecule has 1 aromatic carbocycles. The highest BCUT2D eigenvalue weighted by molar-refractivity contribution is 5.98.